The van der Waals surface area contributed by atoms with E-state index in [1.807, 2.05) is 36.4 Å². The van der Waals surface area contributed by atoms with E-state index in [2.05, 4.69) is 27.3 Å². The zero-order valence-corrected chi connectivity index (χ0v) is 18.3. The van der Waals surface area contributed by atoms with Gasteiger partial charge in [-0.3, -0.25) is 9.52 Å². The summed E-state index contributed by atoms with van der Waals surface area (Å²) in [6.07, 6.45) is 9.41. The molecule has 0 bridgehead atoms. The summed E-state index contributed by atoms with van der Waals surface area (Å²) in [5.74, 6) is -0.695. The average Bonchev–Trinajstić information content (AvgIpc) is 3.03. The molecule has 0 saturated carbocycles. The predicted octanol–water partition coefficient (Wildman–Crippen LogP) is 4.39. The molecule has 0 spiro atoms. The van der Waals surface area contributed by atoms with E-state index in [-0.39, 0.29) is 12.2 Å². The molecule has 1 aliphatic rings. The molecule has 0 amide bonds. The maximum Gasteiger partial charge on any atom is 0.303 e. The summed E-state index contributed by atoms with van der Waals surface area (Å²) in [6, 6.07) is 7.89. The van der Waals surface area contributed by atoms with Gasteiger partial charge in [0, 0.05) is 15.7 Å². The summed E-state index contributed by atoms with van der Waals surface area (Å²) in [7, 11) is -3.35. The Morgan fingerprint density at radius 2 is 1.93 bits per heavy atom. The Hall–Kier alpha value is -1.35. The van der Waals surface area contributed by atoms with Crippen LogP contribution in [0.25, 0.3) is 0 Å². The Kier molecular flexibility index (Phi) is 8.82. The van der Waals surface area contributed by atoms with Crippen LogP contribution in [0.5, 0.6) is 0 Å². The van der Waals surface area contributed by atoms with Crippen LogP contribution in [-0.4, -0.2) is 25.2 Å². The molecule has 148 valence electrons. The second-order valence-corrected chi connectivity index (χ2v) is 9.78. The van der Waals surface area contributed by atoms with Crippen molar-refractivity contribution < 1.29 is 18.3 Å². The minimum absolute atomic E-state index is 0.0788. The summed E-state index contributed by atoms with van der Waals surface area (Å²) in [4.78, 5) is 10.5. The topological polar surface area (TPSA) is 83.5 Å². The normalized spacial score (nSPS) is 14.9. The van der Waals surface area contributed by atoms with E-state index >= 15 is 0 Å². The molecule has 0 atom stereocenters. The fraction of sp³-hybridized carbons (Fsp3) is 0.450. The number of hydrogen-bond donors (Lipinski definition) is 2. The molecular weight excluding hydrogens is 477 g/mol. The number of sulfonamides is 1. The molecule has 0 heterocycles. The molecule has 5 nitrogen and oxygen atoms in total. The highest BCUT2D eigenvalue weighted by molar-refractivity contribution is 14.1. The minimum Gasteiger partial charge on any atom is -0.481 e. The van der Waals surface area contributed by atoms with Gasteiger partial charge >= 0.3 is 5.97 Å². The van der Waals surface area contributed by atoms with E-state index in [1.165, 1.54) is 0 Å². The number of carboxylic acids is 1. The molecule has 0 unspecified atom stereocenters. The molecule has 2 rings (SSSR count). The molecule has 0 aromatic heterocycles. The van der Waals surface area contributed by atoms with Gasteiger partial charge in [0.25, 0.3) is 0 Å². The van der Waals surface area contributed by atoms with Gasteiger partial charge in [-0.15, -0.1) is 0 Å². The number of allylic oxidation sites excluding steroid dienone is 4. The van der Waals surface area contributed by atoms with Crippen molar-refractivity contribution in [2.75, 3.05) is 5.75 Å². The first kappa shape index (κ1) is 21.9. The van der Waals surface area contributed by atoms with Crippen LogP contribution in [0.1, 0.15) is 50.5 Å². The van der Waals surface area contributed by atoms with Crippen LogP contribution in [-0.2, 0) is 21.2 Å². The predicted molar refractivity (Wildman–Crippen MR) is 116 cm³/mol. The fourth-order valence-corrected chi connectivity index (χ4v) is 4.60. The van der Waals surface area contributed by atoms with Gasteiger partial charge < -0.3 is 5.11 Å². The molecule has 0 aliphatic heterocycles. The van der Waals surface area contributed by atoms with Gasteiger partial charge in [-0.05, 0) is 90.8 Å². The maximum atomic E-state index is 12.4. The second-order valence-electron chi connectivity index (χ2n) is 6.69. The summed E-state index contributed by atoms with van der Waals surface area (Å²) in [6.45, 7) is 0. The summed E-state index contributed by atoms with van der Waals surface area (Å²) in [5, 5.41) is 8.62. The highest BCUT2D eigenvalue weighted by atomic mass is 127. The van der Waals surface area contributed by atoms with Crippen molar-refractivity contribution >= 4 is 38.6 Å². The van der Waals surface area contributed by atoms with Crippen molar-refractivity contribution in [3.05, 3.63) is 56.8 Å². The summed E-state index contributed by atoms with van der Waals surface area (Å²) < 4.78 is 28.8. The van der Waals surface area contributed by atoms with Crippen LogP contribution < -0.4 is 4.72 Å². The molecule has 0 fully saturated rings. The molecule has 1 aliphatic carbocycles. The molecule has 0 saturated heterocycles. The first-order chi connectivity index (χ1) is 12.9. The van der Waals surface area contributed by atoms with E-state index in [0.29, 0.717) is 12.8 Å². The third-order valence-corrected chi connectivity index (χ3v) is 6.49. The molecule has 2 N–H and O–H groups in total. The summed E-state index contributed by atoms with van der Waals surface area (Å²) >= 11 is 2.23. The second kappa shape index (κ2) is 10.8. The van der Waals surface area contributed by atoms with Crippen molar-refractivity contribution in [2.24, 2.45) is 0 Å². The number of carbonyl (C=O) groups is 1. The van der Waals surface area contributed by atoms with Gasteiger partial charge in [-0.25, -0.2) is 8.42 Å². The smallest absolute Gasteiger partial charge is 0.303 e. The molecule has 27 heavy (non-hydrogen) atoms. The Morgan fingerprint density at radius 1 is 1.19 bits per heavy atom. The van der Waals surface area contributed by atoms with Gasteiger partial charge in [0.1, 0.15) is 0 Å². The summed E-state index contributed by atoms with van der Waals surface area (Å²) in [5.41, 5.74) is 3.00. The molecule has 1 aromatic carbocycles. The van der Waals surface area contributed by atoms with Crippen LogP contribution in [0.3, 0.4) is 0 Å². The maximum absolute atomic E-state index is 12.4. The number of hydrogen-bond acceptors (Lipinski definition) is 3. The quantitative estimate of drug-likeness (QED) is 0.267. The lowest BCUT2D eigenvalue weighted by Crippen LogP contribution is -2.26. The lowest BCUT2D eigenvalue weighted by molar-refractivity contribution is -0.137. The van der Waals surface area contributed by atoms with E-state index in [4.69, 9.17) is 5.11 Å². The number of unbranched alkanes of at least 4 members (excludes halogenated alkanes) is 1. The number of nitrogens with one attached hydrogen (secondary N) is 1. The first-order valence-electron chi connectivity index (χ1n) is 9.18. The third-order valence-electron chi connectivity index (χ3n) is 4.48. The van der Waals surface area contributed by atoms with Crippen LogP contribution >= 0.6 is 22.6 Å². The number of carboxylic acid groups (broad SMARTS) is 1. The fourth-order valence-electron chi connectivity index (χ4n) is 3.01. The molecular formula is C20H26INO4S. The van der Waals surface area contributed by atoms with E-state index in [9.17, 15) is 13.2 Å². The molecule has 0 radical (unpaired) electrons. The standard InChI is InChI=1S/C20H26INO4S/c21-18-12-10-16(11-13-18)14-15-27(25,26)22-19-8-5-7-17(19)6-3-1-2-4-9-20(23)24/h1,3,10-13,22H,2,4-9,14-15H2,(H,23,24). The van der Waals surface area contributed by atoms with Crippen molar-refractivity contribution in [1.82, 2.24) is 4.72 Å². The van der Waals surface area contributed by atoms with Crippen LogP contribution in [0, 0.1) is 3.57 Å². The zero-order valence-electron chi connectivity index (χ0n) is 15.3. The lowest BCUT2D eigenvalue weighted by atomic mass is 10.1. The zero-order chi connectivity index (χ0) is 19.7. The van der Waals surface area contributed by atoms with E-state index in [1.54, 1.807) is 0 Å². The third kappa shape index (κ3) is 8.47. The van der Waals surface area contributed by atoms with Gasteiger partial charge in [0.05, 0.1) is 5.75 Å². The largest absolute Gasteiger partial charge is 0.481 e. The van der Waals surface area contributed by atoms with Gasteiger partial charge in [0.15, 0.2) is 0 Å². The van der Waals surface area contributed by atoms with Gasteiger partial charge in [-0.2, -0.15) is 0 Å². The van der Waals surface area contributed by atoms with Crippen molar-refractivity contribution in [3.8, 4) is 0 Å². The number of benzene rings is 1. The van der Waals surface area contributed by atoms with Crippen LogP contribution in [0.4, 0.5) is 0 Å². The number of aliphatic carboxylic acids is 1. The number of halogens is 1. The Bertz CT molecular complexity index is 798. The van der Waals surface area contributed by atoms with Crippen molar-refractivity contribution in [1.29, 1.82) is 0 Å². The number of aryl methyl sites for hydroxylation is 1. The Balaban J connectivity index is 1.84. The first-order valence-corrected chi connectivity index (χ1v) is 11.9. The molecule has 7 heteroatoms. The monoisotopic (exact) mass is 503 g/mol. The highest BCUT2D eigenvalue weighted by Crippen LogP contribution is 2.27. The van der Waals surface area contributed by atoms with Gasteiger partial charge in [-0.1, -0.05) is 24.3 Å². The van der Waals surface area contributed by atoms with Crippen LogP contribution in [0.2, 0.25) is 0 Å². The van der Waals surface area contributed by atoms with E-state index in [0.717, 1.165) is 52.5 Å². The van der Waals surface area contributed by atoms with E-state index < -0.39 is 16.0 Å². The van der Waals surface area contributed by atoms with Crippen LogP contribution in [0.15, 0.2) is 47.7 Å². The van der Waals surface area contributed by atoms with Gasteiger partial charge in [0.2, 0.25) is 10.0 Å². The molecule has 1 aromatic rings. The Labute approximate surface area is 175 Å². The average molecular weight is 503 g/mol. The minimum atomic E-state index is -3.35. The highest BCUT2D eigenvalue weighted by Gasteiger charge is 2.19. The number of rotatable bonds is 11. The SMILES string of the molecule is O=C(O)CCCC=CCC1=C(NS(=O)(=O)CCc2ccc(I)cc2)CCC1. The Morgan fingerprint density at radius 3 is 2.63 bits per heavy atom. The van der Waals surface area contributed by atoms with Crippen molar-refractivity contribution in [3.63, 3.8) is 0 Å². The lowest BCUT2D eigenvalue weighted by Gasteiger charge is -2.11. The van der Waals surface area contributed by atoms with Crippen molar-refractivity contribution in [2.45, 2.75) is 51.4 Å².